The van der Waals surface area contributed by atoms with Crippen LogP contribution in [0.15, 0.2) is 42.5 Å². The number of halogens is 1. The van der Waals surface area contributed by atoms with Gasteiger partial charge in [-0.2, -0.15) is 5.26 Å². The number of aryl methyl sites for hydroxylation is 1. The molecule has 4 heteroatoms. The number of hydrogen-bond acceptors (Lipinski definition) is 2. The molecule has 0 aliphatic carbocycles. The minimum absolute atomic E-state index is 0.253. The topological polar surface area (TPSA) is 52.9 Å². The fraction of sp³-hybridized carbons (Fsp3) is 0.0667. The van der Waals surface area contributed by atoms with Crippen molar-refractivity contribution < 1.29 is 4.79 Å². The minimum Gasteiger partial charge on any atom is -0.321 e. The van der Waals surface area contributed by atoms with E-state index in [2.05, 4.69) is 5.32 Å². The number of carbonyl (C=O) groups excluding carboxylic acids is 1. The number of amides is 1. The highest BCUT2D eigenvalue weighted by molar-refractivity contribution is 6.33. The van der Waals surface area contributed by atoms with Crippen molar-refractivity contribution in [3.63, 3.8) is 0 Å². The summed E-state index contributed by atoms with van der Waals surface area (Å²) in [5.41, 5.74) is 2.59. The van der Waals surface area contributed by atoms with E-state index >= 15 is 0 Å². The molecule has 0 radical (unpaired) electrons. The lowest BCUT2D eigenvalue weighted by Crippen LogP contribution is -2.12. The number of nitriles is 1. The van der Waals surface area contributed by atoms with Gasteiger partial charge < -0.3 is 5.32 Å². The molecular formula is C15H11ClN2O. The van der Waals surface area contributed by atoms with Gasteiger partial charge in [-0.15, -0.1) is 0 Å². The minimum atomic E-state index is -0.253. The van der Waals surface area contributed by atoms with Crippen LogP contribution in [0.1, 0.15) is 21.5 Å². The largest absolute Gasteiger partial charge is 0.321 e. The molecule has 0 bridgehead atoms. The molecule has 1 N–H and O–H groups in total. The molecule has 3 nitrogen and oxygen atoms in total. The van der Waals surface area contributed by atoms with Gasteiger partial charge in [0.05, 0.1) is 22.3 Å². The molecular weight excluding hydrogens is 260 g/mol. The molecule has 0 atom stereocenters. The number of anilines is 1. The van der Waals surface area contributed by atoms with Crippen molar-refractivity contribution in [3.8, 4) is 6.07 Å². The molecule has 2 aromatic carbocycles. The standard InChI is InChI=1S/C15H11ClN2O/c1-10-2-7-13(16)14(8-10)18-15(19)12-5-3-11(9-17)4-6-12/h2-8H,1H3,(H,18,19). The molecule has 2 aromatic rings. The Bertz CT molecular complexity index is 657. The summed E-state index contributed by atoms with van der Waals surface area (Å²) < 4.78 is 0. The van der Waals surface area contributed by atoms with Crippen molar-refractivity contribution in [2.75, 3.05) is 5.32 Å². The molecule has 0 saturated carbocycles. The Kier molecular flexibility index (Phi) is 3.84. The average Bonchev–Trinajstić information content (AvgIpc) is 2.43. The van der Waals surface area contributed by atoms with Gasteiger partial charge in [-0.3, -0.25) is 4.79 Å². The van der Waals surface area contributed by atoms with Gasteiger partial charge in [-0.05, 0) is 48.9 Å². The number of hydrogen-bond donors (Lipinski definition) is 1. The van der Waals surface area contributed by atoms with Crippen LogP contribution in [-0.4, -0.2) is 5.91 Å². The number of carbonyl (C=O) groups is 1. The first-order chi connectivity index (χ1) is 9.10. The third kappa shape index (κ3) is 3.12. The summed E-state index contributed by atoms with van der Waals surface area (Å²) in [5.74, 6) is -0.253. The van der Waals surface area contributed by atoms with Crippen LogP contribution < -0.4 is 5.32 Å². The van der Waals surface area contributed by atoms with Crippen LogP contribution >= 0.6 is 11.6 Å². The summed E-state index contributed by atoms with van der Waals surface area (Å²) in [7, 11) is 0. The monoisotopic (exact) mass is 270 g/mol. The third-order valence-electron chi connectivity index (χ3n) is 2.65. The van der Waals surface area contributed by atoms with E-state index < -0.39 is 0 Å². The Labute approximate surface area is 116 Å². The fourth-order valence-electron chi connectivity index (χ4n) is 1.63. The molecule has 1 amide bonds. The van der Waals surface area contributed by atoms with Crippen molar-refractivity contribution in [2.24, 2.45) is 0 Å². The first-order valence-corrected chi connectivity index (χ1v) is 6.05. The number of benzene rings is 2. The first-order valence-electron chi connectivity index (χ1n) is 5.68. The molecule has 0 spiro atoms. The molecule has 19 heavy (non-hydrogen) atoms. The van der Waals surface area contributed by atoms with Gasteiger partial charge in [0.1, 0.15) is 0 Å². The molecule has 0 fully saturated rings. The van der Waals surface area contributed by atoms with E-state index in [1.165, 1.54) is 0 Å². The van der Waals surface area contributed by atoms with Gasteiger partial charge in [0.2, 0.25) is 0 Å². The highest BCUT2D eigenvalue weighted by Crippen LogP contribution is 2.23. The van der Waals surface area contributed by atoms with E-state index in [0.29, 0.717) is 21.8 Å². The van der Waals surface area contributed by atoms with Crippen LogP contribution in [0.4, 0.5) is 5.69 Å². The maximum Gasteiger partial charge on any atom is 0.255 e. The Morgan fingerprint density at radius 2 is 1.89 bits per heavy atom. The molecule has 0 aliphatic heterocycles. The Balaban J connectivity index is 2.21. The molecule has 0 unspecified atom stereocenters. The maximum absolute atomic E-state index is 12.0. The summed E-state index contributed by atoms with van der Waals surface area (Å²) in [6, 6.07) is 13.9. The van der Waals surface area contributed by atoms with Crippen LogP contribution in [0.5, 0.6) is 0 Å². The fourth-order valence-corrected chi connectivity index (χ4v) is 1.79. The number of nitrogens with zero attached hydrogens (tertiary/aromatic N) is 1. The molecule has 0 saturated heterocycles. The van der Waals surface area contributed by atoms with Gasteiger partial charge >= 0.3 is 0 Å². The van der Waals surface area contributed by atoms with E-state index in [-0.39, 0.29) is 5.91 Å². The maximum atomic E-state index is 12.0. The molecule has 0 heterocycles. The van der Waals surface area contributed by atoms with Gasteiger partial charge in [0, 0.05) is 5.56 Å². The van der Waals surface area contributed by atoms with Crippen molar-refractivity contribution in [1.82, 2.24) is 0 Å². The first kappa shape index (κ1) is 13.1. The number of nitrogens with one attached hydrogen (secondary N) is 1. The van der Waals surface area contributed by atoms with E-state index in [9.17, 15) is 4.79 Å². The molecule has 0 aromatic heterocycles. The Morgan fingerprint density at radius 3 is 2.53 bits per heavy atom. The highest BCUT2D eigenvalue weighted by Gasteiger charge is 2.08. The summed E-state index contributed by atoms with van der Waals surface area (Å²) >= 11 is 6.02. The zero-order valence-corrected chi connectivity index (χ0v) is 11.0. The normalized spacial score (nSPS) is 9.74. The smallest absolute Gasteiger partial charge is 0.255 e. The molecule has 0 aliphatic rings. The van der Waals surface area contributed by atoms with Crippen molar-refractivity contribution >= 4 is 23.2 Å². The summed E-state index contributed by atoms with van der Waals surface area (Å²) in [5, 5.41) is 11.9. The van der Waals surface area contributed by atoms with Crippen LogP contribution in [0.25, 0.3) is 0 Å². The third-order valence-corrected chi connectivity index (χ3v) is 2.98. The van der Waals surface area contributed by atoms with E-state index in [1.807, 2.05) is 25.1 Å². The van der Waals surface area contributed by atoms with Crippen LogP contribution in [0.2, 0.25) is 5.02 Å². The second-order valence-corrected chi connectivity index (χ2v) is 4.53. The highest BCUT2D eigenvalue weighted by atomic mass is 35.5. The van der Waals surface area contributed by atoms with Crippen molar-refractivity contribution in [1.29, 1.82) is 5.26 Å². The summed E-state index contributed by atoms with van der Waals surface area (Å²) in [6.07, 6.45) is 0. The van der Waals surface area contributed by atoms with Crippen LogP contribution in [0.3, 0.4) is 0 Å². The van der Waals surface area contributed by atoms with Crippen molar-refractivity contribution in [3.05, 3.63) is 64.2 Å². The van der Waals surface area contributed by atoms with Crippen molar-refractivity contribution in [2.45, 2.75) is 6.92 Å². The lowest BCUT2D eigenvalue weighted by atomic mass is 10.1. The molecule has 94 valence electrons. The lowest BCUT2D eigenvalue weighted by Gasteiger charge is -2.08. The zero-order valence-electron chi connectivity index (χ0n) is 10.3. The van der Waals surface area contributed by atoms with Gasteiger partial charge in [0.25, 0.3) is 5.91 Å². The SMILES string of the molecule is Cc1ccc(Cl)c(NC(=O)c2ccc(C#N)cc2)c1. The lowest BCUT2D eigenvalue weighted by molar-refractivity contribution is 0.102. The Hall–Kier alpha value is -2.31. The van der Waals surface area contributed by atoms with Gasteiger partial charge in [-0.1, -0.05) is 17.7 Å². The van der Waals surface area contributed by atoms with E-state index in [4.69, 9.17) is 16.9 Å². The second kappa shape index (κ2) is 5.55. The second-order valence-electron chi connectivity index (χ2n) is 4.13. The van der Waals surface area contributed by atoms with Crippen LogP contribution in [0, 0.1) is 18.3 Å². The predicted octanol–water partition coefficient (Wildman–Crippen LogP) is 3.77. The quantitative estimate of drug-likeness (QED) is 0.903. The Morgan fingerprint density at radius 1 is 1.21 bits per heavy atom. The van der Waals surface area contributed by atoms with E-state index in [0.717, 1.165) is 5.56 Å². The molecule has 2 rings (SSSR count). The van der Waals surface area contributed by atoms with E-state index in [1.54, 1.807) is 30.3 Å². The number of rotatable bonds is 2. The summed E-state index contributed by atoms with van der Waals surface area (Å²) in [6.45, 7) is 1.92. The van der Waals surface area contributed by atoms with Gasteiger partial charge in [-0.25, -0.2) is 0 Å². The average molecular weight is 271 g/mol. The predicted molar refractivity (Wildman–Crippen MR) is 75.3 cm³/mol. The van der Waals surface area contributed by atoms with Gasteiger partial charge in [0.15, 0.2) is 0 Å². The zero-order chi connectivity index (χ0) is 13.8. The summed E-state index contributed by atoms with van der Waals surface area (Å²) in [4.78, 5) is 12.0. The van der Waals surface area contributed by atoms with Crippen LogP contribution in [-0.2, 0) is 0 Å².